The first-order valence-corrected chi connectivity index (χ1v) is 5.64. The van der Waals surface area contributed by atoms with E-state index in [0.29, 0.717) is 23.3 Å². The lowest BCUT2D eigenvalue weighted by molar-refractivity contribution is 0.197. The summed E-state index contributed by atoms with van der Waals surface area (Å²) in [7, 11) is 1.65. The zero-order valence-corrected chi connectivity index (χ0v) is 10.7. The van der Waals surface area contributed by atoms with Crippen molar-refractivity contribution in [1.82, 2.24) is 4.98 Å². The van der Waals surface area contributed by atoms with Crippen LogP contribution in [0.5, 0.6) is 0 Å². The van der Waals surface area contributed by atoms with Gasteiger partial charge in [-0.3, -0.25) is 0 Å². The molecule has 0 fully saturated rings. The number of nitrogens with zero attached hydrogens (tertiary/aromatic N) is 2. The van der Waals surface area contributed by atoms with Crippen LogP contribution >= 0.6 is 11.6 Å². The summed E-state index contributed by atoms with van der Waals surface area (Å²) in [4.78, 5) is 6.39. The van der Waals surface area contributed by atoms with E-state index in [2.05, 4.69) is 11.9 Å². The van der Waals surface area contributed by atoms with Gasteiger partial charge in [-0.05, 0) is 19.4 Å². The highest BCUT2D eigenvalue weighted by Crippen LogP contribution is 2.29. The second-order valence-electron chi connectivity index (χ2n) is 3.66. The number of aryl methyl sites for hydroxylation is 1. The van der Waals surface area contributed by atoms with Gasteiger partial charge in [-0.1, -0.05) is 18.5 Å². The molecule has 0 aliphatic heterocycles. The van der Waals surface area contributed by atoms with Crippen molar-refractivity contribution in [3.63, 3.8) is 0 Å². The van der Waals surface area contributed by atoms with Gasteiger partial charge in [-0.15, -0.1) is 0 Å². The molecule has 16 heavy (non-hydrogen) atoms. The van der Waals surface area contributed by atoms with Gasteiger partial charge in [-0.2, -0.15) is 0 Å². The lowest BCUT2D eigenvalue weighted by Crippen LogP contribution is -2.28. The molecule has 0 aliphatic rings. The Hall–Kier alpha value is -1.00. The van der Waals surface area contributed by atoms with E-state index in [9.17, 15) is 0 Å². The Morgan fingerprint density at radius 2 is 2.25 bits per heavy atom. The van der Waals surface area contributed by atoms with E-state index < -0.39 is 0 Å². The molecular weight excluding hydrogens is 226 g/mol. The van der Waals surface area contributed by atoms with Crippen LogP contribution in [0.15, 0.2) is 6.07 Å². The fourth-order valence-electron chi connectivity index (χ4n) is 1.53. The van der Waals surface area contributed by atoms with E-state index in [1.165, 1.54) is 0 Å². The average molecular weight is 244 g/mol. The highest BCUT2D eigenvalue weighted by atomic mass is 35.5. The molecule has 1 aromatic rings. The zero-order chi connectivity index (χ0) is 12.1. The highest BCUT2D eigenvalue weighted by Gasteiger charge is 2.13. The largest absolute Gasteiger partial charge is 0.395 e. The van der Waals surface area contributed by atoms with Crippen LogP contribution in [0, 0.1) is 6.92 Å². The fourth-order valence-corrected chi connectivity index (χ4v) is 1.77. The van der Waals surface area contributed by atoms with Crippen molar-refractivity contribution >= 4 is 23.1 Å². The van der Waals surface area contributed by atoms with Crippen molar-refractivity contribution in [2.45, 2.75) is 20.3 Å². The molecule has 0 aromatic carbocycles. The summed E-state index contributed by atoms with van der Waals surface area (Å²) in [6.07, 6.45) is 0.996. The standard InChI is InChI=1S/C11H18ClN3O/c1-4-5-15(7-16-3)11-10(13)9(12)6-8(2)14-11/h6H,4-5,7,13H2,1-3H3. The number of rotatable bonds is 5. The van der Waals surface area contributed by atoms with Gasteiger partial charge in [0.2, 0.25) is 0 Å². The predicted octanol–water partition coefficient (Wildman–Crippen LogP) is 2.45. The molecule has 0 unspecified atom stereocenters. The van der Waals surface area contributed by atoms with Crippen molar-refractivity contribution in [2.75, 3.05) is 31.0 Å². The molecule has 1 aromatic heterocycles. The van der Waals surface area contributed by atoms with Gasteiger partial charge in [0.15, 0.2) is 5.82 Å². The third-order valence-corrected chi connectivity index (χ3v) is 2.51. The molecule has 5 heteroatoms. The van der Waals surface area contributed by atoms with E-state index in [1.807, 2.05) is 11.8 Å². The van der Waals surface area contributed by atoms with Crippen molar-refractivity contribution in [3.05, 3.63) is 16.8 Å². The number of hydrogen-bond donors (Lipinski definition) is 1. The molecule has 4 nitrogen and oxygen atoms in total. The molecular formula is C11H18ClN3O. The number of halogens is 1. The Kier molecular flexibility index (Phi) is 4.83. The number of anilines is 2. The fraction of sp³-hybridized carbons (Fsp3) is 0.545. The van der Waals surface area contributed by atoms with Gasteiger partial charge in [0.1, 0.15) is 6.73 Å². The lowest BCUT2D eigenvalue weighted by Gasteiger charge is -2.24. The summed E-state index contributed by atoms with van der Waals surface area (Å²) in [5.74, 6) is 0.703. The molecule has 0 amide bonds. The number of methoxy groups -OCH3 is 1. The lowest BCUT2D eigenvalue weighted by atomic mass is 10.3. The summed E-state index contributed by atoms with van der Waals surface area (Å²) in [6, 6.07) is 1.76. The molecule has 0 saturated heterocycles. The Morgan fingerprint density at radius 3 is 2.81 bits per heavy atom. The van der Waals surface area contributed by atoms with Gasteiger partial charge in [0.05, 0.1) is 10.7 Å². The Labute approximate surface area is 101 Å². The van der Waals surface area contributed by atoms with Crippen LogP contribution in [0.4, 0.5) is 11.5 Å². The van der Waals surface area contributed by atoms with Gasteiger partial charge >= 0.3 is 0 Å². The molecule has 0 saturated carbocycles. The zero-order valence-electron chi connectivity index (χ0n) is 9.96. The number of ether oxygens (including phenoxy) is 1. The summed E-state index contributed by atoms with van der Waals surface area (Å²) < 4.78 is 5.13. The first-order valence-electron chi connectivity index (χ1n) is 5.26. The van der Waals surface area contributed by atoms with E-state index in [0.717, 1.165) is 18.7 Å². The first-order chi connectivity index (χ1) is 7.60. The van der Waals surface area contributed by atoms with E-state index >= 15 is 0 Å². The number of aromatic nitrogens is 1. The quantitative estimate of drug-likeness (QED) is 0.808. The summed E-state index contributed by atoms with van der Waals surface area (Å²) >= 11 is 6.03. The van der Waals surface area contributed by atoms with Crippen LogP contribution in [-0.4, -0.2) is 25.4 Å². The molecule has 0 bridgehead atoms. The molecule has 0 radical (unpaired) electrons. The van der Waals surface area contributed by atoms with E-state index in [-0.39, 0.29) is 0 Å². The molecule has 90 valence electrons. The van der Waals surface area contributed by atoms with Crippen molar-refractivity contribution < 1.29 is 4.74 Å². The first kappa shape index (κ1) is 13.1. The van der Waals surface area contributed by atoms with Gasteiger partial charge in [0, 0.05) is 19.3 Å². The van der Waals surface area contributed by atoms with Gasteiger partial charge in [0.25, 0.3) is 0 Å². The van der Waals surface area contributed by atoms with Gasteiger partial charge in [-0.25, -0.2) is 4.98 Å². The minimum absolute atomic E-state index is 0.463. The number of pyridine rings is 1. The van der Waals surface area contributed by atoms with E-state index in [4.69, 9.17) is 22.1 Å². The molecule has 0 atom stereocenters. The second kappa shape index (κ2) is 5.92. The Morgan fingerprint density at radius 1 is 1.56 bits per heavy atom. The molecule has 0 aliphatic carbocycles. The molecule has 1 heterocycles. The SMILES string of the molecule is CCCN(COC)c1nc(C)cc(Cl)c1N. The number of nitrogen functional groups attached to an aromatic ring is 1. The Bertz CT molecular complexity index is 351. The summed E-state index contributed by atoms with van der Waals surface area (Å²) in [5.41, 5.74) is 7.29. The van der Waals surface area contributed by atoms with Crippen LogP contribution < -0.4 is 10.6 Å². The minimum Gasteiger partial charge on any atom is -0.395 e. The maximum absolute atomic E-state index is 6.03. The van der Waals surface area contributed by atoms with Crippen LogP contribution in [0.2, 0.25) is 5.02 Å². The maximum atomic E-state index is 6.03. The smallest absolute Gasteiger partial charge is 0.155 e. The number of nitrogens with two attached hydrogens (primary N) is 1. The van der Waals surface area contributed by atoms with Crippen LogP contribution in [0.3, 0.4) is 0 Å². The van der Waals surface area contributed by atoms with Crippen LogP contribution in [0.1, 0.15) is 19.0 Å². The molecule has 1 rings (SSSR count). The van der Waals surface area contributed by atoms with Crippen LogP contribution in [-0.2, 0) is 4.74 Å². The van der Waals surface area contributed by atoms with Crippen molar-refractivity contribution in [1.29, 1.82) is 0 Å². The van der Waals surface area contributed by atoms with Crippen molar-refractivity contribution in [3.8, 4) is 0 Å². The van der Waals surface area contributed by atoms with Crippen LogP contribution in [0.25, 0.3) is 0 Å². The van der Waals surface area contributed by atoms with Gasteiger partial charge < -0.3 is 15.4 Å². The summed E-state index contributed by atoms with van der Waals surface area (Å²) in [6.45, 7) is 5.29. The second-order valence-corrected chi connectivity index (χ2v) is 4.07. The van der Waals surface area contributed by atoms with Crippen molar-refractivity contribution in [2.24, 2.45) is 0 Å². The average Bonchev–Trinajstić information content (AvgIpc) is 2.23. The van der Waals surface area contributed by atoms with E-state index in [1.54, 1.807) is 13.2 Å². The third kappa shape index (κ3) is 3.00. The minimum atomic E-state index is 0.463. The Balaban J connectivity index is 3.07. The normalized spacial score (nSPS) is 10.5. The predicted molar refractivity (Wildman–Crippen MR) is 67.9 cm³/mol. The summed E-state index contributed by atoms with van der Waals surface area (Å²) in [5, 5.41) is 0.541. The third-order valence-electron chi connectivity index (χ3n) is 2.19. The molecule has 0 spiro atoms. The number of hydrogen-bond acceptors (Lipinski definition) is 4. The monoisotopic (exact) mass is 243 g/mol. The maximum Gasteiger partial charge on any atom is 0.155 e. The highest BCUT2D eigenvalue weighted by molar-refractivity contribution is 6.33. The molecule has 2 N–H and O–H groups in total. The topological polar surface area (TPSA) is 51.4 Å².